The van der Waals surface area contributed by atoms with E-state index in [2.05, 4.69) is 15.1 Å². The quantitative estimate of drug-likeness (QED) is 0.359. The predicted octanol–water partition coefficient (Wildman–Crippen LogP) is 4.01. The third-order valence-corrected chi connectivity index (χ3v) is 5.24. The summed E-state index contributed by atoms with van der Waals surface area (Å²) >= 11 is 0. The zero-order chi connectivity index (χ0) is 23.7. The first kappa shape index (κ1) is 21.2. The van der Waals surface area contributed by atoms with E-state index in [1.165, 1.54) is 35.2 Å². The van der Waals surface area contributed by atoms with Crippen LogP contribution in [0.3, 0.4) is 0 Å². The van der Waals surface area contributed by atoms with Crippen molar-refractivity contribution in [2.75, 3.05) is 0 Å². The molecule has 5 aromatic rings. The van der Waals surface area contributed by atoms with Crippen LogP contribution in [-0.4, -0.2) is 30.1 Å². The van der Waals surface area contributed by atoms with Gasteiger partial charge in [0.15, 0.2) is 5.78 Å². The van der Waals surface area contributed by atoms with Gasteiger partial charge in [-0.15, -0.1) is 0 Å². The van der Waals surface area contributed by atoms with E-state index >= 15 is 0 Å². The second kappa shape index (κ2) is 8.70. The molecule has 9 heteroatoms. The molecule has 5 rings (SSSR count). The number of hydrogen-bond acceptors (Lipinski definition) is 6. The van der Waals surface area contributed by atoms with Gasteiger partial charge in [-0.3, -0.25) is 23.8 Å². The van der Waals surface area contributed by atoms with E-state index < -0.39 is 5.82 Å². The van der Waals surface area contributed by atoms with Gasteiger partial charge in [-0.05, 0) is 48.5 Å². The predicted molar refractivity (Wildman–Crippen MR) is 123 cm³/mol. The van der Waals surface area contributed by atoms with Crippen molar-refractivity contribution in [2.45, 2.75) is 6.54 Å². The molecule has 0 fully saturated rings. The van der Waals surface area contributed by atoms with Crippen molar-refractivity contribution in [3.05, 3.63) is 101 Å². The lowest BCUT2D eigenvalue weighted by Gasteiger charge is -2.09. The number of rotatable bonds is 6. The number of pyridine rings is 1. The van der Waals surface area contributed by atoms with Crippen molar-refractivity contribution in [3.8, 4) is 22.8 Å². The van der Waals surface area contributed by atoms with Crippen LogP contribution >= 0.6 is 0 Å². The number of aryl methyl sites for hydroxylation is 1. The fourth-order valence-corrected chi connectivity index (χ4v) is 3.52. The molecule has 0 saturated heterocycles. The van der Waals surface area contributed by atoms with Crippen molar-refractivity contribution >= 4 is 16.7 Å². The topological polar surface area (TPSA) is 91.9 Å². The maximum Gasteiger partial charge on any atom is 0.261 e. The van der Waals surface area contributed by atoms with Crippen LogP contribution in [0.15, 0.2) is 84.3 Å². The number of Topliss-reactive ketones (excluding diaryl/α,β-unsaturated/α-hetero) is 1. The van der Waals surface area contributed by atoms with Crippen molar-refractivity contribution < 1.29 is 13.9 Å². The zero-order valence-electron chi connectivity index (χ0n) is 18.1. The standard InChI is InChI=1S/C25H18FN5O3/c1-30-13-17(12-29-30)23-11-20(8-9-27-23)34-19-6-7-22-21(10-19)25(33)31(15-28-22)14-24(32)16-2-4-18(26)5-3-16/h2-13,15H,14H2,1H3. The summed E-state index contributed by atoms with van der Waals surface area (Å²) in [6.07, 6.45) is 6.52. The van der Waals surface area contributed by atoms with Crippen LogP contribution in [0, 0.1) is 5.82 Å². The van der Waals surface area contributed by atoms with Crippen LogP contribution in [0.5, 0.6) is 11.5 Å². The summed E-state index contributed by atoms with van der Waals surface area (Å²) in [6, 6.07) is 13.7. The van der Waals surface area contributed by atoms with Crippen LogP contribution in [0.1, 0.15) is 10.4 Å². The number of ketones is 1. The monoisotopic (exact) mass is 455 g/mol. The Morgan fingerprint density at radius 1 is 1.03 bits per heavy atom. The average Bonchev–Trinajstić information content (AvgIpc) is 3.28. The molecule has 0 unspecified atom stereocenters. The Labute approximate surface area is 192 Å². The molecule has 168 valence electrons. The molecule has 0 aliphatic carbocycles. The Balaban J connectivity index is 1.42. The van der Waals surface area contributed by atoms with E-state index in [1.54, 1.807) is 47.4 Å². The van der Waals surface area contributed by atoms with E-state index in [-0.39, 0.29) is 17.9 Å². The Morgan fingerprint density at radius 3 is 2.59 bits per heavy atom. The number of aromatic nitrogens is 5. The van der Waals surface area contributed by atoms with Crippen molar-refractivity contribution in [2.24, 2.45) is 7.05 Å². The Hall–Kier alpha value is -4.66. The third-order valence-electron chi connectivity index (χ3n) is 5.24. The number of benzene rings is 2. The first-order valence-electron chi connectivity index (χ1n) is 10.4. The molecule has 3 heterocycles. The first-order chi connectivity index (χ1) is 16.5. The van der Waals surface area contributed by atoms with E-state index in [4.69, 9.17) is 4.74 Å². The number of halogens is 1. The molecule has 0 amide bonds. The number of ether oxygens (including phenoxy) is 1. The lowest BCUT2D eigenvalue weighted by molar-refractivity contribution is 0.0970. The van der Waals surface area contributed by atoms with Gasteiger partial charge in [-0.2, -0.15) is 5.10 Å². The summed E-state index contributed by atoms with van der Waals surface area (Å²) in [5.74, 6) is 0.229. The van der Waals surface area contributed by atoms with Gasteiger partial charge >= 0.3 is 0 Å². The highest BCUT2D eigenvalue weighted by molar-refractivity contribution is 5.96. The molecule has 3 aromatic heterocycles. The maximum absolute atomic E-state index is 13.1. The highest BCUT2D eigenvalue weighted by Crippen LogP contribution is 2.26. The van der Waals surface area contributed by atoms with Crippen molar-refractivity contribution in [1.29, 1.82) is 0 Å². The van der Waals surface area contributed by atoms with Crippen LogP contribution in [0.25, 0.3) is 22.2 Å². The molecule has 0 aliphatic heterocycles. The molecular weight excluding hydrogens is 437 g/mol. The number of carbonyl (C=O) groups is 1. The van der Waals surface area contributed by atoms with E-state index in [0.717, 1.165) is 5.56 Å². The zero-order valence-corrected chi connectivity index (χ0v) is 18.1. The minimum atomic E-state index is -0.435. The van der Waals surface area contributed by atoms with Gasteiger partial charge in [0.1, 0.15) is 17.3 Å². The lowest BCUT2D eigenvalue weighted by Crippen LogP contribution is -2.24. The summed E-state index contributed by atoms with van der Waals surface area (Å²) in [6.45, 7) is -0.211. The van der Waals surface area contributed by atoms with Gasteiger partial charge in [0.25, 0.3) is 5.56 Å². The highest BCUT2D eigenvalue weighted by Gasteiger charge is 2.12. The van der Waals surface area contributed by atoms with E-state index in [1.807, 2.05) is 13.2 Å². The Kier molecular flexibility index (Phi) is 5.43. The summed E-state index contributed by atoms with van der Waals surface area (Å²) in [5, 5.41) is 4.47. The van der Waals surface area contributed by atoms with E-state index in [9.17, 15) is 14.0 Å². The summed E-state index contributed by atoms with van der Waals surface area (Å²) in [4.78, 5) is 34.2. The molecule has 0 radical (unpaired) electrons. The Bertz CT molecular complexity index is 1570. The molecule has 0 saturated carbocycles. The van der Waals surface area contributed by atoms with Gasteiger partial charge in [-0.1, -0.05) is 0 Å². The van der Waals surface area contributed by atoms with Crippen LogP contribution in [0.2, 0.25) is 0 Å². The number of hydrogen-bond donors (Lipinski definition) is 0. The van der Waals surface area contributed by atoms with Crippen LogP contribution in [-0.2, 0) is 13.6 Å². The second-order valence-electron chi connectivity index (χ2n) is 7.67. The van der Waals surface area contributed by atoms with Crippen molar-refractivity contribution in [1.82, 2.24) is 24.3 Å². The second-order valence-corrected chi connectivity index (χ2v) is 7.67. The first-order valence-corrected chi connectivity index (χ1v) is 10.4. The molecule has 0 spiro atoms. The van der Waals surface area contributed by atoms with Crippen molar-refractivity contribution in [3.63, 3.8) is 0 Å². The minimum absolute atomic E-state index is 0.211. The minimum Gasteiger partial charge on any atom is -0.457 e. The molecule has 34 heavy (non-hydrogen) atoms. The normalized spacial score (nSPS) is 11.0. The molecular formula is C25H18FN5O3. The largest absolute Gasteiger partial charge is 0.457 e. The van der Waals surface area contributed by atoms with Gasteiger partial charge < -0.3 is 4.74 Å². The van der Waals surface area contributed by atoms with E-state index in [0.29, 0.717) is 33.7 Å². The maximum atomic E-state index is 13.1. The molecule has 0 bridgehead atoms. The molecule has 2 aromatic carbocycles. The fraction of sp³-hybridized carbons (Fsp3) is 0.0800. The fourth-order valence-electron chi connectivity index (χ4n) is 3.52. The summed E-state index contributed by atoms with van der Waals surface area (Å²) in [7, 11) is 1.83. The lowest BCUT2D eigenvalue weighted by atomic mass is 10.1. The Morgan fingerprint density at radius 2 is 1.82 bits per heavy atom. The molecule has 0 N–H and O–H groups in total. The third kappa shape index (κ3) is 4.31. The van der Waals surface area contributed by atoms with Gasteiger partial charge in [0.2, 0.25) is 0 Å². The van der Waals surface area contributed by atoms with Gasteiger partial charge in [0, 0.05) is 36.6 Å². The highest BCUT2D eigenvalue weighted by atomic mass is 19.1. The number of fused-ring (bicyclic) bond motifs is 1. The molecule has 8 nitrogen and oxygen atoms in total. The van der Waals surface area contributed by atoms with Gasteiger partial charge in [-0.25, -0.2) is 9.37 Å². The van der Waals surface area contributed by atoms with Crippen LogP contribution < -0.4 is 10.3 Å². The number of carbonyl (C=O) groups excluding carboxylic acids is 1. The summed E-state index contributed by atoms with van der Waals surface area (Å²) < 4.78 is 22.0. The molecule has 0 atom stereocenters. The molecule has 0 aliphatic rings. The smallest absolute Gasteiger partial charge is 0.261 e. The SMILES string of the molecule is Cn1cc(-c2cc(Oc3ccc4ncn(CC(=O)c5ccc(F)cc5)c(=O)c4c3)ccn2)cn1. The van der Waals surface area contributed by atoms with Gasteiger partial charge in [0.05, 0.1) is 35.7 Å². The number of nitrogens with zero attached hydrogens (tertiary/aromatic N) is 5. The average molecular weight is 455 g/mol. The summed E-state index contributed by atoms with van der Waals surface area (Å²) in [5.41, 5.74) is 1.97. The van der Waals surface area contributed by atoms with Crippen LogP contribution in [0.4, 0.5) is 4.39 Å².